The van der Waals surface area contributed by atoms with E-state index in [-0.39, 0.29) is 5.41 Å². The predicted octanol–water partition coefficient (Wildman–Crippen LogP) is 3.64. The van der Waals surface area contributed by atoms with Crippen LogP contribution in [0.3, 0.4) is 0 Å². The summed E-state index contributed by atoms with van der Waals surface area (Å²) in [5.74, 6) is 1.45. The van der Waals surface area contributed by atoms with Crippen LogP contribution in [0.15, 0.2) is 30.4 Å². The maximum Gasteiger partial charge on any atom is 0.327 e. The molecule has 1 saturated carbocycles. The van der Waals surface area contributed by atoms with Gasteiger partial charge in [-0.15, -0.1) is 0 Å². The number of carboxylic acids is 1. The Morgan fingerprint density at radius 2 is 2.23 bits per heavy atom. The molecule has 3 atom stereocenters. The lowest BCUT2D eigenvalue weighted by Crippen LogP contribution is -2.59. The van der Waals surface area contributed by atoms with E-state index in [1.165, 1.54) is 36.6 Å². The Kier molecular flexibility index (Phi) is 4.55. The molecule has 1 aliphatic heterocycles. The topological polar surface area (TPSA) is 49.8 Å². The fraction of sp³-hybridized carbons (Fsp3) is 0.591. The zero-order valence-electron chi connectivity index (χ0n) is 15.8. The van der Waals surface area contributed by atoms with Crippen LogP contribution in [-0.2, 0) is 16.6 Å². The monoisotopic (exact) mass is 355 g/mol. The second kappa shape index (κ2) is 6.73. The van der Waals surface area contributed by atoms with Crippen LogP contribution < -0.4 is 4.74 Å². The van der Waals surface area contributed by atoms with Crippen LogP contribution in [0.4, 0.5) is 0 Å². The van der Waals surface area contributed by atoms with E-state index in [0.717, 1.165) is 37.5 Å². The Morgan fingerprint density at radius 1 is 1.42 bits per heavy atom. The highest BCUT2D eigenvalue weighted by molar-refractivity contribution is 5.79. The molecule has 1 unspecified atom stereocenters. The lowest BCUT2D eigenvalue weighted by atomic mass is 9.56. The Balaban J connectivity index is 1.72. The number of likely N-dealkylation sites (tertiary alicyclic amines) is 1. The molecule has 4 heteroatoms. The van der Waals surface area contributed by atoms with E-state index in [0.29, 0.717) is 12.0 Å². The third-order valence-electron chi connectivity index (χ3n) is 6.98. The first-order chi connectivity index (χ1) is 12.5. The highest BCUT2D eigenvalue weighted by Gasteiger charge is 2.51. The van der Waals surface area contributed by atoms with Gasteiger partial charge in [0.25, 0.3) is 0 Å². The molecule has 26 heavy (non-hydrogen) atoms. The van der Waals surface area contributed by atoms with Crippen LogP contribution in [-0.4, -0.2) is 42.2 Å². The largest absolute Gasteiger partial charge is 0.497 e. The number of carbonyl (C=O) groups is 1. The molecule has 1 aromatic rings. The normalized spacial score (nSPS) is 31.0. The third kappa shape index (κ3) is 3.05. The SMILES string of the molecule is COc1ccc2c(c1)[C@@]1(C/C=C/C(=O)O)CCN(CC3CC3)C(C2)[C@@H]1C. The number of methoxy groups -OCH3 is 1. The molecule has 2 aliphatic carbocycles. The molecule has 1 aromatic carbocycles. The number of fused-ring (bicyclic) bond motifs is 4. The summed E-state index contributed by atoms with van der Waals surface area (Å²) in [6.45, 7) is 4.73. The van der Waals surface area contributed by atoms with Crippen molar-refractivity contribution >= 4 is 5.97 Å². The minimum atomic E-state index is -0.863. The van der Waals surface area contributed by atoms with Gasteiger partial charge in [0.15, 0.2) is 0 Å². The van der Waals surface area contributed by atoms with E-state index in [2.05, 4.69) is 30.0 Å². The van der Waals surface area contributed by atoms with E-state index in [1.807, 2.05) is 6.08 Å². The van der Waals surface area contributed by atoms with Crippen molar-refractivity contribution in [2.45, 2.75) is 50.5 Å². The van der Waals surface area contributed by atoms with E-state index in [9.17, 15) is 4.79 Å². The van der Waals surface area contributed by atoms with Crippen molar-refractivity contribution in [2.24, 2.45) is 11.8 Å². The molecule has 4 rings (SSSR count). The Labute approximate surface area is 155 Å². The average molecular weight is 355 g/mol. The van der Waals surface area contributed by atoms with Gasteiger partial charge in [-0.1, -0.05) is 19.1 Å². The number of ether oxygens (including phenoxy) is 1. The molecule has 2 fully saturated rings. The summed E-state index contributed by atoms with van der Waals surface area (Å²) in [5, 5.41) is 9.04. The zero-order valence-corrected chi connectivity index (χ0v) is 15.8. The van der Waals surface area contributed by atoms with Crippen LogP contribution in [0.25, 0.3) is 0 Å². The summed E-state index contributed by atoms with van der Waals surface area (Å²) < 4.78 is 5.50. The lowest BCUT2D eigenvalue weighted by molar-refractivity contribution is -0.131. The first kappa shape index (κ1) is 17.6. The summed E-state index contributed by atoms with van der Waals surface area (Å²) in [5.41, 5.74) is 2.80. The van der Waals surface area contributed by atoms with Crippen molar-refractivity contribution in [3.63, 3.8) is 0 Å². The van der Waals surface area contributed by atoms with Crippen LogP contribution in [0.5, 0.6) is 5.75 Å². The highest BCUT2D eigenvalue weighted by atomic mass is 16.5. The maximum atomic E-state index is 11.0. The molecule has 1 heterocycles. The summed E-state index contributed by atoms with van der Waals surface area (Å²) in [6, 6.07) is 7.05. The number of hydrogen-bond acceptors (Lipinski definition) is 3. The molecule has 1 saturated heterocycles. The van der Waals surface area contributed by atoms with E-state index >= 15 is 0 Å². The number of aliphatic carboxylic acids is 1. The van der Waals surface area contributed by atoms with Crippen molar-refractivity contribution in [2.75, 3.05) is 20.2 Å². The first-order valence-corrected chi connectivity index (χ1v) is 9.84. The quantitative estimate of drug-likeness (QED) is 0.792. The molecule has 0 amide bonds. The van der Waals surface area contributed by atoms with Crippen molar-refractivity contribution in [1.29, 1.82) is 0 Å². The van der Waals surface area contributed by atoms with Gasteiger partial charge in [0.2, 0.25) is 0 Å². The Bertz CT molecular complexity index is 724. The van der Waals surface area contributed by atoms with Gasteiger partial charge in [0.05, 0.1) is 7.11 Å². The number of piperidine rings is 1. The van der Waals surface area contributed by atoms with Gasteiger partial charge >= 0.3 is 5.97 Å². The van der Waals surface area contributed by atoms with Gasteiger partial charge in [-0.2, -0.15) is 0 Å². The highest BCUT2D eigenvalue weighted by Crippen LogP contribution is 2.52. The second-order valence-corrected chi connectivity index (χ2v) is 8.37. The Hall–Kier alpha value is -1.81. The minimum absolute atomic E-state index is 0.0127. The fourth-order valence-corrected chi connectivity index (χ4v) is 5.28. The molecular weight excluding hydrogens is 326 g/mol. The van der Waals surface area contributed by atoms with Crippen LogP contribution in [0.1, 0.15) is 43.7 Å². The van der Waals surface area contributed by atoms with Gasteiger partial charge in [0.1, 0.15) is 5.75 Å². The number of nitrogens with zero attached hydrogens (tertiary/aromatic N) is 1. The molecular formula is C22H29NO3. The number of benzene rings is 1. The van der Waals surface area contributed by atoms with Crippen LogP contribution in [0, 0.1) is 11.8 Å². The van der Waals surface area contributed by atoms with Gasteiger partial charge in [-0.25, -0.2) is 4.79 Å². The molecule has 0 radical (unpaired) electrons. The zero-order chi connectivity index (χ0) is 18.3. The Morgan fingerprint density at radius 3 is 2.92 bits per heavy atom. The third-order valence-corrected chi connectivity index (χ3v) is 6.98. The van der Waals surface area contributed by atoms with Crippen LogP contribution in [0.2, 0.25) is 0 Å². The molecule has 1 N–H and O–H groups in total. The standard InChI is InChI=1S/C22H29NO3/c1-15-20-12-17-7-8-18(26-2)13-19(17)22(15,9-3-4-21(24)25)10-11-23(20)14-16-5-6-16/h3-4,7-8,13,15-16,20H,5-6,9-12,14H2,1-2H3,(H,24,25)/b4-3+/t15-,20?,22-/m0/s1. The summed E-state index contributed by atoms with van der Waals surface area (Å²) in [6.07, 6.45) is 8.91. The lowest BCUT2D eigenvalue weighted by Gasteiger charge is -2.56. The van der Waals surface area contributed by atoms with Gasteiger partial charge in [0, 0.05) is 24.1 Å². The number of allylic oxidation sites excluding steroid dienone is 1. The maximum absolute atomic E-state index is 11.0. The molecule has 140 valence electrons. The molecule has 3 aliphatic rings. The second-order valence-electron chi connectivity index (χ2n) is 8.37. The number of carboxylic acid groups (broad SMARTS) is 1. The summed E-state index contributed by atoms with van der Waals surface area (Å²) in [7, 11) is 1.71. The van der Waals surface area contributed by atoms with Gasteiger partial charge in [-0.3, -0.25) is 4.90 Å². The molecule has 4 nitrogen and oxygen atoms in total. The minimum Gasteiger partial charge on any atom is -0.497 e. The smallest absolute Gasteiger partial charge is 0.327 e. The first-order valence-electron chi connectivity index (χ1n) is 9.84. The molecule has 2 bridgehead atoms. The van der Waals surface area contributed by atoms with Gasteiger partial charge < -0.3 is 9.84 Å². The molecule has 0 spiro atoms. The summed E-state index contributed by atoms with van der Waals surface area (Å²) >= 11 is 0. The van der Waals surface area contributed by atoms with Gasteiger partial charge in [-0.05, 0) is 73.7 Å². The average Bonchev–Trinajstić information content (AvgIpc) is 3.43. The van der Waals surface area contributed by atoms with Crippen LogP contribution >= 0.6 is 0 Å². The van der Waals surface area contributed by atoms with E-state index < -0.39 is 5.97 Å². The molecule has 0 aromatic heterocycles. The van der Waals surface area contributed by atoms with Crippen molar-refractivity contribution < 1.29 is 14.6 Å². The van der Waals surface area contributed by atoms with Crippen molar-refractivity contribution in [3.05, 3.63) is 41.5 Å². The van der Waals surface area contributed by atoms with E-state index in [1.54, 1.807) is 7.11 Å². The predicted molar refractivity (Wildman–Crippen MR) is 102 cm³/mol. The number of hydrogen-bond donors (Lipinski definition) is 1. The summed E-state index contributed by atoms with van der Waals surface area (Å²) in [4.78, 5) is 13.7. The van der Waals surface area contributed by atoms with E-state index in [4.69, 9.17) is 9.84 Å². The van der Waals surface area contributed by atoms with Crippen molar-refractivity contribution in [3.8, 4) is 5.75 Å². The number of rotatable bonds is 6. The fourth-order valence-electron chi connectivity index (χ4n) is 5.28. The van der Waals surface area contributed by atoms with Crippen molar-refractivity contribution in [1.82, 2.24) is 4.90 Å².